The second kappa shape index (κ2) is 8.40. The maximum atomic E-state index is 12.9. The molecule has 1 aliphatic rings. The number of benzene rings is 1. The third kappa shape index (κ3) is 3.69. The number of hydrogen-bond acceptors (Lipinski definition) is 10. The number of oxazole rings is 1. The minimum Gasteiger partial charge on any atom is -0.497 e. The van der Waals surface area contributed by atoms with E-state index in [1.807, 2.05) is 6.07 Å². The van der Waals surface area contributed by atoms with Gasteiger partial charge in [0.1, 0.15) is 5.75 Å². The molecule has 0 spiro atoms. The molecule has 32 heavy (non-hydrogen) atoms. The molecular formula is C20H19N7O4S. The Bertz CT molecular complexity index is 1340. The number of carbonyl (C=O) groups is 1. The third-order valence-corrected chi connectivity index (χ3v) is 6.00. The Morgan fingerprint density at radius 3 is 2.91 bits per heavy atom. The van der Waals surface area contributed by atoms with Gasteiger partial charge in [0.25, 0.3) is 5.91 Å². The van der Waals surface area contributed by atoms with Crippen molar-refractivity contribution in [1.29, 1.82) is 0 Å². The molecule has 1 saturated heterocycles. The van der Waals surface area contributed by atoms with Crippen molar-refractivity contribution in [3.05, 3.63) is 52.2 Å². The molecule has 4 aromatic rings. The average Bonchev–Trinajstić information content (AvgIpc) is 3.43. The van der Waals surface area contributed by atoms with Crippen molar-refractivity contribution in [3.8, 4) is 10.9 Å². The van der Waals surface area contributed by atoms with E-state index in [0.717, 1.165) is 43.2 Å². The summed E-state index contributed by atoms with van der Waals surface area (Å²) in [4.78, 5) is 31.6. The van der Waals surface area contributed by atoms with Gasteiger partial charge in [-0.05, 0) is 18.2 Å². The van der Waals surface area contributed by atoms with Gasteiger partial charge in [-0.3, -0.25) is 9.78 Å². The van der Waals surface area contributed by atoms with Gasteiger partial charge in [-0.2, -0.15) is 0 Å². The molecule has 11 nitrogen and oxygen atoms in total. The summed E-state index contributed by atoms with van der Waals surface area (Å²) >= 11 is 0.992. The highest BCUT2D eigenvalue weighted by Crippen LogP contribution is 2.27. The first-order valence-electron chi connectivity index (χ1n) is 9.88. The number of pyridine rings is 1. The largest absolute Gasteiger partial charge is 0.497 e. The Balaban J connectivity index is 1.42. The monoisotopic (exact) mass is 453 g/mol. The van der Waals surface area contributed by atoms with Gasteiger partial charge in [0.15, 0.2) is 5.58 Å². The van der Waals surface area contributed by atoms with Crippen molar-refractivity contribution < 1.29 is 13.9 Å². The number of ether oxygens (including phenoxy) is 1. The molecule has 12 heteroatoms. The zero-order valence-electron chi connectivity index (χ0n) is 17.1. The molecule has 2 N–H and O–H groups in total. The summed E-state index contributed by atoms with van der Waals surface area (Å²) in [7, 11) is 1.53. The van der Waals surface area contributed by atoms with Crippen LogP contribution in [0.25, 0.3) is 16.2 Å². The Hall–Kier alpha value is -3.77. The SMILES string of the molecule is COc1ccc2c(c1)oc(=O)n2-c1nnc(C(=O)Nc2cnccc2N2CCNCC2)s1. The number of amides is 1. The molecule has 1 aromatic carbocycles. The summed E-state index contributed by atoms with van der Waals surface area (Å²) in [5.41, 5.74) is 2.35. The van der Waals surface area contributed by atoms with E-state index < -0.39 is 11.7 Å². The van der Waals surface area contributed by atoms with Crippen LogP contribution in [-0.2, 0) is 0 Å². The molecule has 1 aliphatic heterocycles. The summed E-state index contributed by atoms with van der Waals surface area (Å²) in [6.45, 7) is 3.40. The van der Waals surface area contributed by atoms with Gasteiger partial charge in [-0.1, -0.05) is 11.3 Å². The molecule has 3 aromatic heterocycles. The smallest absolute Gasteiger partial charge is 0.426 e. The fourth-order valence-corrected chi connectivity index (χ4v) is 4.29. The van der Waals surface area contributed by atoms with E-state index in [-0.39, 0.29) is 10.1 Å². The van der Waals surface area contributed by atoms with Crippen LogP contribution in [0.4, 0.5) is 11.4 Å². The standard InChI is InChI=1S/C20H19N7O4S/c1-30-12-2-3-15-16(10-12)31-20(29)27(15)19-25-24-18(32-19)17(28)23-13-11-22-5-4-14(13)26-8-6-21-7-9-26/h2-5,10-11,21H,6-9H2,1H3,(H,23,28). The molecule has 1 amide bonds. The van der Waals surface area contributed by atoms with Gasteiger partial charge in [-0.25, -0.2) is 9.36 Å². The summed E-state index contributed by atoms with van der Waals surface area (Å²) < 4.78 is 11.7. The number of nitrogens with zero attached hydrogens (tertiary/aromatic N) is 5. The van der Waals surface area contributed by atoms with E-state index in [0.29, 0.717) is 22.5 Å². The molecule has 4 heterocycles. The lowest BCUT2D eigenvalue weighted by molar-refractivity contribution is 0.102. The van der Waals surface area contributed by atoms with E-state index in [2.05, 4.69) is 30.7 Å². The van der Waals surface area contributed by atoms with Gasteiger partial charge in [0, 0.05) is 38.4 Å². The molecule has 0 radical (unpaired) electrons. The lowest BCUT2D eigenvalue weighted by Crippen LogP contribution is -2.43. The van der Waals surface area contributed by atoms with E-state index in [1.165, 1.54) is 11.7 Å². The summed E-state index contributed by atoms with van der Waals surface area (Å²) in [5.74, 6) is -0.488. The van der Waals surface area contributed by atoms with Crippen molar-refractivity contribution in [2.24, 2.45) is 0 Å². The van der Waals surface area contributed by atoms with Crippen molar-refractivity contribution in [3.63, 3.8) is 0 Å². The van der Waals surface area contributed by atoms with Gasteiger partial charge in [0.05, 0.1) is 30.2 Å². The van der Waals surface area contributed by atoms with Crippen LogP contribution in [0.2, 0.25) is 0 Å². The van der Waals surface area contributed by atoms with E-state index in [4.69, 9.17) is 9.15 Å². The number of nitrogens with one attached hydrogen (secondary N) is 2. The minimum atomic E-state index is -0.621. The number of hydrogen-bond donors (Lipinski definition) is 2. The van der Waals surface area contributed by atoms with Crippen LogP contribution in [0.15, 0.2) is 45.9 Å². The van der Waals surface area contributed by atoms with Crippen LogP contribution in [0.5, 0.6) is 5.75 Å². The third-order valence-electron chi connectivity index (χ3n) is 5.09. The second-order valence-electron chi connectivity index (χ2n) is 7.01. The van der Waals surface area contributed by atoms with Gasteiger partial charge in [-0.15, -0.1) is 10.2 Å². The first kappa shape index (κ1) is 20.2. The first-order chi connectivity index (χ1) is 15.6. The maximum absolute atomic E-state index is 12.9. The lowest BCUT2D eigenvalue weighted by Gasteiger charge is -2.30. The number of piperazine rings is 1. The zero-order chi connectivity index (χ0) is 22.1. The van der Waals surface area contributed by atoms with Crippen LogP contribution in [-0.4, -0.2) is 58.9 Å². The molecular weight excluding hydrogens is 434 g/mol. The summed E-state index contributed by atoms with van der Waals surface area (Å²) in [6, 6.07) is 6.89. The van der Waals surface area contributed by atoms with E-state index >= 15 is 0 Å². The quantitative estimate of drug-likeness (QED) is 0.462. The average molecular weight is 453 g/mol. The number of fused-ring (bicyclic) bond motifs is 1. The normalized spacial score (nSPS) is 14.0. The fraction of sp³-hybridized carbons (Fsp3) is 0.250. The van der Waals surface area contributed by atoms with Crippen molar-refractivity contribution in [1.82, 2.24) is 25.1 Å². The first-order valence-corrected chi connectivity index (χ1v) is 10.7. The number of rotatable bonds is 5. The van der Waals surface area contributed by atoms with Gasteiger partial charge in [0.2, 0.25) is 10.1 Å². The van der Waals surface area contributed by atoms with Crippen LogP contribution >= 0.6 is 11.3 Å². The minimum absolute atomic E-state index is 0.116. The molecule has 5 rings (SSSR count). The molecule has 0 unspecified atom stereocenters. The fourth-order valence-electron chi connectivity index (χ4n) is 3.55. The molecule has 0 saturated carbocycles. The summed E-state index contributed by atoms with van der Waals surface area (Å²) in [6.07, 6.45) is 3.31. The Morgan fingerprint density at radius 2 is 2.09 bits per heavy atom. The Morgan fingerprint density at radius 1 is 1.25 bits per heavy atom. The maximum Gasteiger partial charge on any atom is 0.426 e. The topological polar surface area (TPSA) is 127 Å². The number of carbonyl (C=O) groups excluding carboxylic acids is 1. The molecule has 1 fully saturated rings. The molecule has 0 aliphatic carbocycles. The summed E-state index contributed by atoms with van der Waals surface area (Å²) in [5, 5.41) is 14.5. The van der Waals surface area contributed by atoms with Crippen molar-refractivity contribution >= 4 is 39.7 Å². The molecule has 0 bridgehead atoms. The van der Waals surface area contributed by atoms with Crippen LogP contribution in [0, 0.1) is 0 Å². The number of methoxy groups -OCH3 is 1. The van der Waals surface area contributed by atoms with Crippen LogP contribution in [0.1, 0.15) is 9.80 Å². The van der Waals surface area contributed by atoms with Gasteiger partial charge < -0.3 is 24.7 Å². The van der Waals surface area contributed by atoms with Crippen LogP contribution in [0.3, 0.4) is 0 Å². The van der Waals surface area contributed by atoms with E-state index in [9.17, 15) is 9.59 Å². The highest BCUT2D eigenvalue weighted by molar-refractivity contribution is 7.15. The lowest BCUT2D eigenvalue weighted by atomic mass is 10.2. The predicted octanol–water partition coefficient (Wildman–Crippen LogP) is 1.50. The van der Waals surface area contributed by atoms with E-state index in [1.54, 1.807) is 30.6 Å². The Kier molecular flexibility index (Phi) is 5.29. The number of anilines is 2. The highest BCUT2D eigenvalue weighted by atomic mass is 32.1. The highest BCUT2D eigenvalue weighted by Gasteiger charge is 2.21. The predicted molar refractivity (Wildman–Crippen MR) is 119 cm³/mol. The zero-order valence-corrected chi connectivity index (χ0v) is 17.9. The molecule has 0 atom stereocenters. The van der Waals surface area contributed by atoms with Crippen molar-refractivity contribution in [2.75, 3.05) is 43.5 Å². The van der Waals surface area contributed by atoms with Crippen molar-refractivity contribution in [2.45, 2.75) is 0 Å². The van der Waals surface area contributed by atoms with Gasteiger partial charge >= 0.3 is 5.76 Å². The Labute approximate surface area is 185 Å². The second-order valence-corrected chi connectivity index (χ2v) is 7.97. The molecule has 164 valence electrons. The van der Waals surface area contributed by atoms with Crippen LogP contribution < -0.4 is 26.0 Å². The number of aromatic nitrogens is 4.